The first kappa shape index (κ1) is 28.6. The summed E-state index contributed by atoms with van der Waals surface area (Å²) in [5.74, 6) is -1.61. The lowest BCUT2D eigenvalue weighted by Crippen LogP contribution is -2.36. The molecule has 2 aromatic rings. The topological polar surface area (TPSA) is 108 Å². The third-order valence-electron chi connectivity index (χ3n) is 5.90. The molecule has 0 saturated heterocycles. The van der Waals surface area contributed by atoms with Crippen molar-refractivity contribution in [3.8, 4) is 11.5 Å². The van der Waals surface area contributed by atoms with Crippen LogP contribution in [0.15, 0.2) is 53.4 Å². The minimum absolute atomic E-state index is 0.00904. The number of hydrogen-bond acceptors (Lipinski definition) is 7. The average Bonchev–Trinajstić information content (AvgIpc) is 2.86. The van der Waals surface area contributed by atoms with Crippen LogP contribution in [0.4, 0.5) is 0 Å². The number of carboxylic acids is 1. The summed E-state index contributed by atoms with van der Waals surface area (Å²) in [6.45, 7) is 0.819. The van der Waals surface area contributed by atoms with Crippen molar-refractivity contribution in [2.24, 2.45) is 5.92 Å². The number of carbonyl (C=O) groups is 1. The molecule has 0 aliphatic heterocycles. The maximum atomic E-state index is 13.7. The van der Waals surface area contributed by atoms with Crippen molar-refractivity contribution in [3.05, 3.63) is 54.1 Å². The maximum absolute atomic E-state index is 13.7. The van der Waals surface area contributed by atoms with Crippen LogP contribution in [-0.4, -0.2) is 65.9 Å². The molecule has 2 unspecified atom stereocenters. The molecule has 1 N–H and O–H groups in total. The van der Waals surface area contributed by atoms with Crippen LogP contribution in [0.2, 0.25) is 0 Å². The van der Waals surface area contributed by atoms with E-state index in [-0.39, 0.29) is 30.1 Å². The van der Waals surface area contributed by atoms with Gasteiger partial charge < -0.3 is 24.1 Å². The van der Waals surface area contributed by atoms with Crippen molar-refractivity contribution in [3.63, 3.8) is 0 Å². The van der Waals surface area contributed by atoms with E-state index >= 15 is 0 Å². The first-order chi connectivity index (χ1) is 16.8. The van der Waals surface area contributed by atoms with Crippen LogP contribution < -0.4 is 9.47 Å². The fraction of sp³-hybridized carbons (Fsp3) is 0.500. The quantitative estimate of drug-likeness (QED) is 0.319. The Morgan fingerprint density at radius 3 is 2.23 bits per heavy atom. The molecule has 0 radical (unpaired) electrons. The Labute approximate surface area is 208 Å². The van der Waals surface area contributed by atoms with Crippen molar-refractivity contribution in [2.45, 2.75) is 42.2 Å². The molecule has 8 nitrogen and oxygen atoms in total. The van der Waals surface area contributed by atoms with Gasteiger partial charge in [0.15, 0.2) is 21.3 Å². The second-order valence-corrected chi connectivity index (χ2v) is 10.3. The third kappa shape index (κ3) is 8.52. The van der Waals surface area contributed by atoms with Gasteiger partial charge >= 0.3 is 5.97 Å². The number of hydrogen-bond donors (Lipinski definition) is 1. The van der Waals surface area contributed by atoms with Crippen molar-refractivity contribution in [2.75, 3.05) is 41.2 Å². The second-order valence-electron chi connectivity index (χ2n) is 8.17. The molecular formula is C26H36O8S. The van der Waals surface area contributed by atoms with Gasteiger partial charge in [-0.3, -0.25) is 4.79 Å². The summed E-state index contributed by atoms with van der Waals surface area (Å²) in [6, 6.07) is 14.3. The van der Waals surface area contributed by atoms with Crippen LogP contribution in [0.5, 0.6) is 11.5 Å². The van der Waals surface area contributed by atoms with E-state index < -0.39 is 27.0 Å². The van der Waals surface area contributed by atoms with Gasteiger partial charge in [0.1, 0.15) is 0 Å². The molecule has 0 amide bonds. The zero-order valence-electron chi connectivity index (χ0n) is 20.6. The highest BCUT2D eigenvalue weighted by molar-refractivity contribution is 7.92. The van der Waals surface area contributed by atoms with Gasteiger partial charge in [-0.25, -0.2) is 8.42 Å². The summed E-state index contributed by atoms with van der Waals surface area (Å²) >= 11 is 0. The number of unbranched alkanes of at least 4 members (excludes halogenated alkanes) is 1. The minimum Gasteiger partial charge on any atom is -0.493 e. The van der Waals surface area contributed by atoms with Crippen LogP contribution in [0.3, 0.4) is 0 Å². The van der Waals surface area contributed by atoms with E-state index in [9.17, 15) is 18.3 Å². The Morgan fingerprint density at radius 1 is 0.886 bits per heavy atom. The number of carboxylic acid groups (broad SMARTS) is 1. The monoisotopic (exact) mass is 508 g/mol. The molecular weight excluding hydrogens is 472 g/mol. The predicted octanol–water partition coefficient (Wildman–Crippen LogP) is 4.01. The van der Waals surface area contributed by atoms with E-state index in [1.165, 1.54) is 32.4 Å². The Balaban J connectivity index is 2.26. The molecule has 0 spiro atoms. The second kappa shape index (κ2) is 14.7. The summed E-state index contributed by atoms with van der Waals surface area (Å²) in [5.41, 5.74) is 1.16. The van der Waals surface area contributed by atoms with Gasteiger partial charge in [-0.2, -0.15) is 0 Å². The lowest BCUT2D eigenvalue weighted by atomic mass is 9.96. The summed E-state index contributed by atoms with van der Waals surface area (Å²) in [4.78, 5) is 12.2. The third-order valence-corrected chi connectivity index (χ3v) is 8.17. The van der Waals surface area contributed by atoms with Gasteiger partial charge in [0, 0.05) is 19.8 Å². The number of ether oxygens (including phenoxy) is 4. The maximum Gasteiger partial charge on any atom is 0.307 e. The van der Waals surface area contributed by atoms with E-state index in [4.69, 9.17) is 18.9 Å². The zero-order chi connectivity index (χ0) is 25.7. The molecule has 0 aliphatic rings. The van der Waals surface area contributed by atoms with Gasteiger partial charge in [0.25, 0.3) is 0 Å². The van der Waals surface area contributed by atoms with Gasteiger partial charge in [-0.15, -0.1) is 0 Å². The fourth-order valence-corrected chi connectivity index (χ4v) is 6.02. The number of aliphatic carboxylic acids is 1. The first-order valence-corrected chi connectivity index (χ1v) is 13.2. The zero-order valence-corrected chi connectivity index (χ0v) is 21.5. The van der Waals surface area contributed by atoms with Crippen molar-refractivity contribution >= 4 is 15.8 Å². The highest BCUT2D eigenvalue weighted by atomic mass is 32.2. The van der Waals surface area contributed by atoms with Gasteiger partial charge in [0.2, 0.25) is 0 Å². The van der Waals surface area contributed by atoms with E-state index in [0.29, 0.717) is 25.4 Å². The van der Waals surface area contributed by atoms with Crippen LogP contribution in [0, 0.1) is 5.92 Å². The summed E-state index contributed by atoms with van der Waals surface area (Å²) in [5, 5.41) is 8.87. The van der Waals surface area contributed by atoms with Crippen LogP contribution >= 0.6 is 0 Å². The fourth-order valence-electron chi connectivity index (χ4n) is 3.98. The van der Waals surface area contributed by atoms with Crippen molar-refractivity contribution in [1.82, 2.24) is 0 Å². The Kier molecular flexibility index (Phi) is 12.0. The van der Waals surface area contributed by atoms with Crippen LogP contribution in [0.25, 0.3) is 0 Å². The number of benzene rings is 2. The molecule has 2 atom stereocenters. The smallest absolute Gasteiger partial charge is 0.307 e. The van der Waals surface area contributed by atoms with Gasteiger partial charge in [-0.05, 0) is 43.4 Å². The molecule has 0 saturated carbocycles. The Morgan fingerprint density at radius 2 is 1.60 bits per heavy atom. The van der Waals surface area contributed by atoms with Crippen molar-refractivity contribution < 1.29 is 37.3 Å². The lowest BCUT2D eigenvalue weighted by molar-refractivity contribution is -0.142. The number of methoxy groups -OCH3 is 3. The van der Waals surface area contributed by atoms with Crippen LogP contribution in [0.1, 0.15) is 31.2 Å². The number of aryl methyl sites for hydroxylation is 1. The summed E-state index contributed by atoms with van der Waals surface area (Å²) in [6.07, 6.45) is 2.41. The Bertz CT molecular complexity index is 1010. The average molecular weight is 509 g/mol. The lowest BCUT2D eigenvalue weighted by Gasteiger charge is -2.25. The van der Waals surface area contributed by atoms with E-state index in [1.54, 1.807) is 7.11 Å². The Hall–Kier alpha value is -2.62. The molecule has 0 bridgehead atoms. The molecule has 2 aromatic carbocycles. The molecule has 0 fully saturated rings. The molecule has 2 rings (SSSR count). The largest absolute Gasteiger partial charge is 0.493 e. The molecule has 35 heavy (non-hydrogen) atoms. The molecule has 9 heteroatoms. The van der Waals surface area contributed by atoms with E-state index in [1.807, 2.05) is 30.3 Å². The SMILES string of the molecule is COCCOCCC(C(=O)O)C(CCCCc1ccccc1)S(=O)(=O)c1ccc(OC)c(OC)c1. The van der Waals surface area contributed by atoms with Gasteiger partial charge in [-0.1, -0.05) is 36.8 Å². The van der Waals surface area contributed by atoms with Crippen LogP contribution in [-0.2, 0) is 30.5 Å². The highest BCUT2D eigenvalue weighted by Crippen LogP contribution is 2.34. The molecule has 0 aliphatic carbocycles. The number of sulfone groups is 1. The number of rotatable bonds is 17. The summed E-state index contributed by atoms with van der Waals surface area (Å²) < 4.78 is 48.3. The molecule has 0 aromatic heterocycles. The summed E-state index contributed by atoms with van der Waals surface area (Å²) in [7, 11) is 0.441. The van der Waals surface area contributed by atoms with Gasteiger partial charge in [0.05, 0.1) is 43.5 Å². The molecule has 194 valence electrons. The standard InChI is InChI=1S/C26H36O8S/c1-31-17-18-34-16-15-22(26(27)28)25(12-8-7-11-20-9-5-4-6-10-20)35(29,30)21-13-14-23(32-2)24(19-21)33-3/h4-6,9-10,13-14,19,22,25H,7-8,11-12,15-18H2,1-3H3,(H,27,28). The van der Waals surface area contributed by atoms with E-state index in [2.05, 4.69) is 0 Å². The normalized spacial score (nSPS) is 13.2. The highest BCUT2D eigenvalue weighted by Gasteiger charge is 2.38. The molecule has 0 heterocycles. The predicted molar refractivity (Wildman–Crippen MR) is 133 cm³/mol. The van der Waals surface area contributed by atoms with Crippen molar-refractivity contribution in [1.29, 1.82) is 0 Å². The minimum atomic E-state index is -3.99. The van der Waals surface area contributed by atoms with E-state index in [0.717, 1.165) is 18.4 Å². The first-order valence-electron chi connectivity index (χ1n) is 11.6.